The molecule has 0 aliphatic rings. The third-order valence-corrected chi connectivity index (χ3v) is 4.55. The van der Waals surface area contributed by atoms with Crippen LogP contribution in [0.2, 0.25) is 10.0 Å². The van der Waals surface area contributed by atoms with Crippen LogP contribution in [0.25, 0.3) is 11.5 Å². The van der Waals surface area contributed by atoms with Gasteiger partial charge in [-0.25, -0.2) is 0 Å². The van der Waals surface area contributed by atoms with Gasteiger partial charge in [-0.05, 0) is 17.7 Å². The first kappa shape index (κ1) is 18.1. The van der Waals surface area contributed by atoms with E-state index < -0.39 is 11.9 Å². The fourth-order valence-electron chi connectivity index (χ4n) is 2.01. The Morgan fingerprint density at radius 3 is 2.68 bits per heavy atom. The van der Waals surface area contributed by atoms with Crippen LogP contribution in [0.1, 0.15) is 11.3 Å². The quantitative estimate of drug-likeness (QED) is 0.562. The molecule has 0 saturated heterocycles. The summed E-state index contributed by atoms with van der Waals surface area (Å²) >= 11 is 13.1. The van der Waals surface area contributed by atoms with Gasteiger partial charge in [0.1, 0.15) is 0 Å². The third kappa shape index (κ3) is 4.10. The Bertz CT molecular complexity index is 910. The Morgan fingerprint density at radius 1 is 1.24 bits per heavy atom. The summed E-state index contributed by atoms with van der Waals surface area (Å²) in [4.78, 5) is 0. The van der Waals surface area contributed by atoms with Crippen molar-refractivity contribution < 1.29 is 17.6 Å². The molecule has 0 radical (unpaired) electrons. The van der Waals surface area contributed by atoms with Gasteiger partial charge in [0, 0.05) is 29.0 Å². The topological polar surface area (TPSA) is 56.7 Å². The minimum absolute atomic E-state index is 0.123. The first-order valence-corrected chi connectivity index (χ1v) is 8.49. The van der Waals surface area contributed by atoms with E-state index in [9.17, 15) is 13.2 Å². The molecule has 25 heavy (non-hydrogen) atoms. The minimum atomic E-state index is -4.62. The van der Waals surface area contributed by atoms with E-state index >= 15 is 0 Å². The van der Waals surface area contributed by atoms with Gasteiger partial charge in [0.25, 0.3) is 11.1 Å². The Balaban J connectivity index is 1.79. The monoisotopic (exact) mass is 408 g/mol. The Labute approximate surface area is 154 Å². The van der Waals surface area contributed by atoms with Crippen molar-refractivity contribution in [3.63, 3.8) is 0 Å². The maximum Gasteiger partial charge on any atom is 0.435 e. The molecule has 3 rings (SSSR count). The predicted molar refractivity (Wildman–Crippen MR) is 87.5 cm³/mol. The van der Waals surface area contributed by atoms with E-state index in [-0.39, 0.29) is 16.7 Å². The van der Waals surface area contributed by atoms with Gasteiger partial charge >= 0.3 is 6.18 Å². The van der Waals surface area contributed by atoms with Crippen molar-refractivity contribution in [3.05, 3.63) is 45.7 Å². The highest BCUT2D eigenvalue weighted by molar-refractivity contribution is 7.98. The second-order valence-corrected chi connectivity index (χ2v) is 6.73. The fraction of sp³-hybridized carbons (Fsp3) is 0.214. The second kappa shape index (κ2) is 6.89. The molecule has 0 spiro atoms. The minimum Gasteiger partial charge on any atom is -0.411 e. The molecular formula is C14H9Cl2F3N4OS. The van der Waals surface area contributed by atoms with Gasteiger partial charge < -0.3 is 4.42 Å². The van der Waals surface area contributed by atoms with Gasteiger partial charge in [-0.15, -0.1) is 10.2 Å². The molecule has 0 N–H and O–H groups in total. The smallest absolute Gasteiger partial charge is 0.411 e. The molecule has 2 aromatic heterocycles. The lowest BCUT2D eigenvalue weighted by molar-refractivity contribution is -0.141. The van der Waals surface area contributed by atoms with Crippen LogP contribution in [0.5, 0.6) is 0 Å². The molecule has 3 aromatic rings. The number of aryl methyl sites for hydroxylation is 1. The number of halogens is 5. The number of thioether (sulfide) groups is 1. The molecule has 0 saturated carbocycles. The lowest BCUT2D eigenvalue weighted by Gasteiger charge is -2.03. The van der Waals surface area contributed by atoms with Gasteiger partial charge in [-0.2, -0.15) is 18.3 Å². The first-order chi connectivity index (χ1) is 11.7. The standard InChI is InChI=1S/C14H9Cl2F3N4OS/c1-23-5-9(11(22-23)14(17,18)19)12-20-21-13(24-12)25-6-7-2-3-8(15)4-10(7)16/h2-5H,6H2,1H3. The van der Waals surface area contributed by atoms with Crippen LogP contribution in [-0.2, 0) is 19.0 Å². The summed E-state index contributed by atoms with van der Waals surface area (Å²) in [5.41, 5.74) is -0.553. The molecular weight excluding hydrogens is 400 g/mol. The number of rotatable bonds is 4. The Kier molecular flexibility index (Phi) is 4.99. The molecule has 5 nitrogen and oxygen atoms in total. The number of nitrogens with zero attached hydrogens (tertiary/aromatic N) is 4. The van der Waals surface area contributed by atoms with E-state index in [1.165, 1.54) is 13.2 Å². The van der Waals surface area contributed by atoms with Crippen LogP contribution in [0.4, 0.5) is 13.2 Å². The Morgan fingerprint density at radius 2 is 2.00 bits per heavy atom. The van der Waals surface area contributed by atoms with Crippen molar-refractivity contribution in [1.82, 2.24) is 20.0 Å². The van der Waals surface area contributed by atoms with Crippen molar-refractivity contribution in [2.45, 2.75) is 17.2 Å². The van der Waals surface area contributed by atoms with E-state index in [2.05, 4.69) is 15.3 Å². The van der Waals surface area contributed by atoms with Crippen LogP contribution < -0.4 is 0 Å². The molecule has 0 unspecified atom stereocenters. The summed E-state index contributed by atoms with van der Waals surface area (Å²) in [5, 5.41) is 12.0. The molecule has 0 atom stereocenters. The zero-order valence-electron chi connectivity index (χ0n) is 12.5. The zero-order valence-corrected chi connectivity index (χ0v) is 14.8. The van der Waals surface area contributed by atoms with Gasteiger partial charge in [-0.1, -0.05) is 41.0 Å². The van der Waals surface area contributed by atoms with Crippen molar-refractivity contribution in [3.8, 4) is 11.5 Å². The first-order valence-electron chi connectivity index (χ1n) is 6.75. The summed E-state index contributed by atoms with van der Waals surface area (Å²) in [6, 6.07) is 5.04. The average molecular weight is 409 g/mol. The number of benzene rings is 1. The molecule has 11 heteroatoms. The van der Waals surface area contributed by atoms with Gasteiger partial charge in [-0.3, -0.25) is 4.68 Å². The lowest BCUT2D eigenvalue weighted by atomic mass is 10.2. The van der Waals surface area contributed by atoms with Gasteiger partial charge in [0.2, 0.25) is 0 Å². The largest absolute Gasteiger partial charge is 0.435 e. The summed E-state index contributed by atoms with van der Waals surface area (Å²) in [5.74, 6) is 0.154. The lowest BCUT2D eigenvalue weighted by Crippen LogP contribution is -2.08. The Hall–Kier alpha value is -1.71. The zero-order chi connectivity index (χ0) is 18.2. The normalized spacial score (nSPS) is 11.9. The van der Waals surface area contributed by atoms with Crippen molar-refractivity contribution in [2.24, 2.45) is 7.05 Å². The SMILES string of the molecule is Cn1cc(-c2nnc(SCc3ccc(Cl)cc3Cl)o2)c(C(F)(F)F)n1. The summed E-state index contributed by atoms with van der Waals surface area (Å²) < 4.78 is 45.4. The van der Waals surface area contributed by atoms with E-state index in [0.717, 1.165) is 22.0 Å². The van der Waals surface area contributed by atoms with Crippen LogP contribution in [-0.4, -0.2) is 20.0 Å². The predicted octanol–water partition coefficient (Wildman–Crippen LogP) is 5.09. The summed E-state index contributed by atoms with van der Waals surface area (Å²) in [6.45, 7) is 0. The van der Waals surface area contributed by atoms with E-state index in [1.807, 2.05) is 0 Å². The van der Waals surface area contributed by atoms with Crippen molar-refractivity contribution in [1.29, 1.82) is 0 Å². The molecule has 0 bridgehead atoms. The highest BCUT2D eigenvalue weighted by Gasteiger charge is 2.38. The maximum atomic E-state index is 13.0. The van der Waals surface area contributed by atoms with Crippen LogP contribution >= 0.6 is 35.0 Å². The maximum absolute atomic E-state index is 13.0. The fourth-order valence-corrected chi connectivity index (χ4v) is 3.33. The molecule has 0 fully saturated rings. The van der Waals surface area contributed by atoms with Gasteiger partial charge in [0.05, 0.1) is 5.56 Å². The van der Waals surface area contributed by atoms with Crippen LogP contribution in [0, 0.1) is 0 Å². The van der Waals surface area contributed by atoms with Gasteiger partial charge in [0.15, 0.2) is 5.69 Å². The van der Waals surface area contributed by atoms with E-state index in [1.54, 1.807) is 18.2 Å². The van der Waals surface area contributed by atoms with Crippen LogP contribution in [0.15, 0.2) is 34.0 Å². The molecule has 0 aliphatic carbocycles. The number of hydrogen-bond acceptors (Lipinski definition) is 5. The molecule has 2 heterocycles. The number of hydrogen-bond donors (Lipinski definition) is 0. The molecule has 132 valence electrons. The highest BCUT2D eigenvalue weighted by Crippen LogP contribution is 2.36. The molecule has 0 aliphatic heterocycles. The second-order valence-electron chi connectivity index (χ2n) is 4.96. The van der Waals surface area contributed by atoms with Crippen molar-refractivity contribution >= 4 is 35.0 Å². The molecule has 0 amide bonds. The van der Waals surface area contributed by atoms with Crippen molar-refractivity contribution in [2.75, 3.05) is 0 Å². The summed E-state index contributed by atoms with van der Waals surface area (Å²) in [6.07, 6.45) is -3.43. The average Bonchev–Trinajstić information content (AvgIpc) is 3.12. The molecule has 1 aromatic carbocycles. The highest BCUT2D eigenvalue weighted by atomic mass is 35.5. The third-order valence-electron chi connectivity index (χ3n) is 3.10. The number of alkyl halides is 3. The summed E-state index contributed by atoms with van der Waals surface area (Å²) in [7, 11) is 1.38. The van der Waals surface area contributed by atoms with Crippen LogP contribution in [0.3, 0.4) is 0 Å². The van der Waals surface area contributed by atoms with E-state index in [0.29, 0.717) is 15.8 Å². The number of aromatic nitrogens is 4. The van der Waals surface area contributed by atoms with E-state index in [4.69, 9.17) is 27.6 Å².